The topological polar surface area (TPSA) is 87.3 Å². The van der Waals surface area contributed by atoms with Gasteiger partial charge in [0, 0.05) is 18.2 Å². The second-order valence-corrected chi connectivity index (χ2v) is 5.12. The Morgan fingerprint density at radius 2 is 2.00 bits per heavy atom. The van der Waals surface area contributed by atoms with Gasteiger partial charge in [0.25, 0.3) is 0 Å². The number of para-hydroxylation sites is 1. The Kier molecular flexibility index (Phi) is 4.57. The molecule has 2 rings (SSSR count). The summed E-state index contributed by atoms with van der Waals surface area (Å²) in [6.45, 7) is 3.73. The number of hydrogen-bond acceptors (Lipinski definition) is 3. The first-order valence-corrected chi connectivity index (χ1v) is 7.00. The molecule has 1 fully saturated rings. The van der Waals surface area contributed by atoms with E-state index in [-0.39, 0.29) is 18.4 Å². The zero-order valence-electron chi connectivity index (χ0n) is 12.1. The molecule has 1 aromatic rings. The standard InChI is InChI=1S/C15H19N3O3/c1-3-10-6-4-5-7-12(10)17-13(19)8-11-9(2)16-15(21)18-14(11)20/h4-7,9,11H,3,8H2,1-2H3,(H,17,19)(H2,16,18,20,21). The fraction of sp³-hybridized carbons (Fsp3) is 0.400. The summed E-state index contributed by atoms with van der Waals surface area (Å²) < 4.78 is 0. The molecular weight excluding hydrogens is 270 g/mol. The van der Waals surface area contributed by atoms with Crippen LogP contribution in [0.15, 0.2) is 24.3 Å². The van der Waals surface area contributed by atoms with Crippen molar-refractivity contribution >= 4 is 23.5 Å². The fourth-order valence-electron chi connectivity index (χ4n) is 2.40. The molecule has 3 N–H and O–H groups in total. The Labute approximate surface area is 123 Å². The van der Waals surface area contributed by atoms with Crippen LogP contribution in [-0.2, 0) is 16.0 Å². The molecule has 4 amide bonds. The molecule has 1 aliphatic rings. The zero-order chi connectivity index (χ0) is 15.4. The van der Waals surface area contributed by atoms with Crippen molar-refractivity contribution in [2.45, 2.75) is 32.7 Å². The minimum Gasteiger partial charge on any atom is -0.335 e. The number of urea groups is 1. The Hall–Kier alpha value is -2.37. The predicted molar refractivity (Wildman–Crippen MR) is 78.7 cm³/mol. The van der Waals surface area contributed by atoms with Crippen molar-refractivity contribution < 1.29 is 14.4 Å². The molecule has 2 atom stereocenters. The molecule has 0 aromatic heterocycles. The quantitative estimate of drug-likeness (QED) is 0.783. The number of carbonyl (C=O) groups excluding carboxylic acids is 3. The molecule has 6 heteroatoms. The molecule has 0 spiro atoms. The fourth-order valence-corrected chi connectivity index (χ4v) is 2.40. The molecule has 0 bridgehead atoms. The van der Waals surface area contributed by atoms with Crippen LogP contribution in [0.3, 0.4) is 0 Å². The van der Waals surface area contributed by atoms with Gasteiger partial charge in [0.05, 0.1) is 5.92 Å². The maximum atomic E-state index is 12.1. The Morgan fingerprint density at radius 3 is 2.67 bits per heavy atom. The highest BCUT2D eigenvalue weighted by Crippen LogP contribution is 2.18. The molecule has 0 aliphatic carbocycles. The van der Waals surface area contributed by atoms with Gasteiger partial charge in [0.1, 0.15) is 0 Å². The molecule has 1 aliphatic heterocycles. The van der Waals surface area contributed by atoms with Crippen LogP contribution >= 0.6 is 0 Å². The molecule has 1 saturated heterocycles. The van der Waals surface area contributed by atoms with Crippen molar-refractivity contribution in [1.82, 2.24) is 10.6 Å². The maximum absolute atomic E-state index is 12.1. The highest BCUT2D eigenvalue weighted by Gasteiger charge is 2.34. The Morgan fingerprint density at radius 1 is 1.29 bits per heavy atom. The van der Waals surface area contributed by atoms with E-state index in [0.717, 1.165) is 17.7 Å². The number of imide groups is 1. The summed E-state index contributed by atoms with van der Waals surface area (Å²) in [6, 6.07) is 6.68. The van der Waals surface area contributed by atoms with Gasteiger partial charge < -0.3 is 10.6 Å². The summed E-state index contributed by atoms with van der Waals surface area (Å²) in [5, 5.41) is 7.61. The molecule has 1 aromatic carbocycles. The predicted octanol–water partition coefficient (Wildman–Crippen LogP) is 1.42. The van der Waals surface area contributed by atoms with E-state index in [1.54, 1.807) is 6.92 Å². The van der Waals surface area contributed by atoms with Gasteiger partial charge in [-0.15, -0.1) is 0 Å². The van der Waals surface area contributed by atoms with Crippen LogP contribution in [0.4, 0.5) is 10.5 Å². The number of nitrogens with one attached hydrogen (secondary N) is 3. The van der Waals surface area contributed by atoms with Crippen LogP contribution in [0.5, 0.6) is 0 Å². The first-order chi connectivity index (χ1) is 10.0. The van der Waals surface area contributed by atoms with Gasteiger partial charge in [-0.3, -0.25) is 14.9 Å². The van der Waals surface area contributed by atoms with Gasteiger partial charge in [-0.05, 0) is 25.0 Å². The average Bonchev–Trinajstić information content (AvgIpc) is 2.43. The van der Waals surface area contributed by atoms with Crippen molar-refractivity contribution in [2.75, 3.05) is 5.32 Å². The first kappa shape index (κ1) is 15.0. The van der Waals surface area contributed by atoms with E-state index in [1.807, 2.05) is 31.2 Å². The number of carbonyl (C=O) groups is 3. The first-order valence-electron chi connectivity index (χ1n) is 7.00. The van der Waals surface area contributed by atoms with Crippen LogP contribution in [-0.4, -0.2) is 23.9 Å². The number of amides is 4. The van der Waals surface area contributed by atoms with Crippen molar-refractivity contribution in [3.8, 4) is 0 Å². The maximum Gasteiger partial charge on any atom is 0.321 e. The van der Waals surface area contributed by atoms with Crippen LogP contribution in [0.1, 0.15) is 25.8 Å². The Balaban J connectivity index is 2.01. The lowest BCUT2D eigenvalue weighted by Gasteiger charge is -2.28. The minimum absolute atomic E-state index is 0.0331. The van der Waals surface area contributed by atoms with Crippen LogP contribution in [0.25, 0.3) is 0 Å². The molecule has 21 heavy (non-hydrogen) atoms. The SMILES string of the molecule is CCc1ccccc1NC(=O)CC1C(=O)NC(=O)NC1C. The van der Waals surface area contributed by atoms with E-state index in [1.165, 1.54) is 0 Å². The normalized spacial score (nSPS) is 21.4. The third-order valence-corrected chi connectivity index (χ3v) is 3.61. The monoisotopic (exact) mass is 289 g/mol. The summed E-state index contributed by atoms with van der Waals surface area (Å²) >= 11 is 0. The lowest BCUT2D eigenvalue weighted by atomic mass is 9.94. The van der Waals surface area contributed by atoms with Crippen molar-refractivity contribution in [3.63, 3.8) is 0 Å². The number of benzene rings is 1. The number of anilines is 1. The van der Waals surface area contributed by atoms with Crippen molar-refractivity contribution in [2.24, 2.45) is 5.92 Å². The van der Waals surface area contributed by atoms with Crippen LogP contribution < -0.4 is 16.0 Å². The van der Waals surface area contributed by atoms with Gasteiger partial charge in [0.2, 0.25) is 11.8 Å². The molecule has 112 valence electrons. The molecule has 2 unspecified atom stereocenters. The second kappa shape index (κ2) is 6.39. The highest BCUT2D eigenvalue weighted by molar-refractivity contribution is 6.01. The Bertz CT molecular complexity index is 571. The number of rotatable bonds is 4. The van der Waals surface area contributed by atoms with E-state index in [0.29, 0.717) is 0 Å². The summed E-state index contributed by atoms with van der Waals surface area (Å²) in [7, 11) is 0. The summed E-state index contributed by atoms with van der Waals surface area (Å²) in [5.41, 5.74) is 1.80. The average molecular weight is 289 g/mol. The lowest BCUT2D eigenvalue weighted by molar-refractivity contribution is -0.129. The van der Waals surface area contributed by atoms with Gasteiger partial charge in [-0.1, -0.05) is 25.1 Å². The van der Waals surface area contributed by atoms with Gasteiger partial charge in [-0.25, -0.2) is 4.79 Å². The second-order valence-electron chi connectivity index (χ2n) is 5.12. The van der Waals surface area contributed by atoms with E-state index in [9.17, 15) is 14.4 Å². The van der Waals surface area contributed by atoms with Gasteiger partial charge in [0.15, 0.2) is 0 Å². The smallest absolute Gasteiger partial charge is 0.321 e. The minimum atomic E-state index is -0.559. The number of hydrogen-bond donors (Lipinski definition) is 3. The molecule has 0 saturated carbocycles. The van der Waals surface area contributed by atoms with E-state index >= 15 is 0 Å². The molecule has 1 heterocycles. The van der Waals surface area contributed by atoms with Gasteiger partial charge in [-0.2, -0.15) is 0 Å². The van der Waals surface area contributed by atoms with E-state index < -0.39 is 17.9 Å². The third-order valence-electron chi connectivity index (χ3n) is 3.61. The van der Waals surface area contributed by atoms with Crippen molar-refractivity contribution in [1.29, 1.82) is 0 Å². The number of aryl methyl sites for hydroxylation is 1. The summed E-state index contributed by atoms with van der Waals surface area (Å²) in [4.78, 5) is 35.0. The van der Waals surface area contributed by atoms with Crippen LogP contribution in [0, 0.1) is 5.92 Å². The molecule has 0 radical (unpaired) electrons. The largest absolute Gasteiger partial charge is 0.335 e. The highest BCUT2D eigenvalue weighted by atomic mass is 16.2. The lowest BCUT2D eigenvalue weighted by Crippen LogP contribution is -2.57. The third kappa shape index (κ3) is 3.59. The van der Waals surface area contributed by atoms with E-state index in [4.69, 9.17) is 0 Å². The van der Waals surface area contributed by atoms with Crippen molar-refractivity contribution in [3.05, 3.63) is 29.8 Å². The molecular formula is C15H19N3O3. The summed E-state index contributed by atoms with van der Waals surface area (Å²) in [5.74, 6) is -1.21. The zero-order valence-corrected chi connectivity index (χ0v) is 12.1. The van der Waals surface area contributed by atoms with Crippen LogP contribution in [0.2, 0.25) is 0 Å². The van der Waals surface area contributed by atoms with Gasteiger partial charge >= 0.3 is 6.03 Å². The van der Waals surface area contributed by atoms with E-state index in [2.05, 4.69) is 16.0 Å². The summed E-state index contributed by atoms with van der Waals surface area (Å²) in [6.07, 6.45) is 0.845. The molecule has 6 nitrogen and oxygen atoms in total.